The van der Waals surface area contributed by atoms with E-state index in [9.17, 15) is 0 Å². The van der Waals surface area contributed by atoms with Crippen LogP contribution in [0, 0.1) is 0 Å². The summed E-state index contributed by atoms with van der Waals surface area (Å²) < 4.78 is 103. The van der Waals surface area contributed by atoms with Crippen molar-refractivity contribution in [1.29, 1.82) is 0 Å². The third kappa shape index (κ3) is 19.5. The Bertz CT molecular complexity index is 4250. The van der Waals surface area contributed by atoms with Crippen LogP contribution < -0.4 is 56.8 Å². The monoisotopic (exact) mass is 1340 g/mol. The van der Waals surface area contributed by atoms with E-state index in [1.807, 2.05) is 218 Å². The Labute approximate surface area is 576 Å². The molecule has 0 unspecified atom stereocenters. The maximum Gasteiger partial charge on any atom is 0.161 e. The van der Waals surface area contributed by atoms with Crippen molar-refractivity contribution in [2.24, 2.45) is 0 Å². The third-order valence-electron chi connectivity index (χ3n) is 16.2. The van der Waals surface area contributed by atoms with Crippen molar-refractivity contribution in [3.8, 4) is 69.0 Å². The first-order valence-electron chi connectivity index (χ1n) is 33.4. The van der Waals surface area contributed by atoms with E-state index in [1.165, 1.54) is 0 Å². The second kappa shape index (κ2) is 36.3. The molecule has 0 radical (unpaired) electrons. The predicted octanol–water partition coefficient (Wildman–Crippen LogP) is 16.0. The highest BCUT2D eigenvalue weighted by Gasteiger charge is 2.16. The van der Waals surface area contributed by atoms with E-state index < -0.39 is 0 Å². The second-order valence-electron chi connectivity index (χ2n) is 22.8. The van der Waals surface area contributed by atoms with Gasteiger partial charge in [-0.15, -0.1) is 0 Å². The van der Waals surface area contributed by atoms with Gasteiger partial charge in [0.15, 0.2) is 69.0 Å². The van der Waals surface area contributed by atoms with Gasteiger partial charge in [0.05, 0.1) is 80.3 Å². The minimum absolute atomic E-state index is 0.290. The summed E-state index contributed by atoms with van der Waals surface area (Å²) in [4.78, 5) is 0. The minimum Gasteiger partial charge on any atom is -0.493 e. The maximum atomic E-state index is 6.29. The van der Waals surface area contributed by atoms with E-state index in [1.54, 1.807) is 14.2 Å². The SMILES string of the molecule is COc1cc2ccccc2cc1OCCOCCOc1cc2ccccc2cc1OCCOCCOc1cc2ccccc2cc1OCCOCCOc1cc2ccccc2cc1OCCOCCOc1cc2ccccc2cc1OCCOCCOc1cc2ccccc2cc1OC. The van der Waals surface area contributed by atoms with Crippen LogP contribution in [0.25, 0.3) is 64.6 Å². The molecule has 0 aliphatic heterocycles. The van der Waals surface area contributed by atoms with E-state index in [0.29, 0.717) is 188 Å². The van der Waals surface area contributed by atoms with Gasteiger partial charge in [-0.3, -0.25) is 0 Å². The molecule has 0 heterocycles. The molecule has 12 aromatic carbocycles. The Hall–Kier alpha value is -10.4. The van der Waals surface area contributed by atoms with Gasteiger partial charge in [0, 0.05) is 0 Å². The van der Waals surface area contributed by atoms with Crippen LogP contribution in [0.3, 0.4) is 0 Å². The number of benzene rings is 12. The zero-order valence-electron chi connectivity index (χ0n) is 55.9. The van der Waals surface area contributed by atoms with Crippen LogP contribution in [0.15, 0.2) is 218 Å². The first-order chi connectivity index (χ1) is 49.0. The van der Waals surface area contributed by atoms with Gasteiger partial charge in [0.2, 0.25) is 0 Å². The summed E-state index contributed by atoms with van der Waals surface area (Å²) in [6.07, 6.45) is 0. The van der Waals surface area contributed by atoms with Gasteiger partial charge in [0.25, 0.3) is 0 Å². The Morgan fingerprint density at radius 3 is 0.384 bits per heavy atom. The van der Waals surface area contributed by atoms with Gasteiger partial charge in [-0.25, -0.2) is 0 Å². The molecule has 512 valence electrons. The Kier molecular flexibility index (Phi) is 25.1. The standard InChI is InChI=1S/C82H82O17/c1-83-71-47-59-15-3-5-17-61(59)49-73(71)90-37-27-85-29-39-92-75-51-63-19-7-9-21-65(63)53-77(75)94-41-31-87-33-43-96-79-55-67-23-11-13-25-69(67)57-81(79)98-45-35-89-36-46-99-82-58-70-26-14-12-24-68(70)56-80(82)97-44-34-88-32-42-95-78-54-66-22-10-8-20-64(66)52-76(78)93-40-30-86-28-38-91-74-50-62-18-6-4-16-60(62)48-72(74)84-2/h3-26,47-58H,27-46H2,1-2H3. The molecule has 17 nitrogen and oxygen atoms in total. The molecule has 17 heteroatoms. The van der Waals surface area contributed by atoms with Gasteiger partial charge in [-0.2, -0.15) is 0 Å². The third-order valence-corrected chi connectivity index (χ3v) is 16.2. The average Bonchev–Trinajstić information content (AvgIpc) is 0.976. The number of hydrogen-bond acceptors (Lipinski definition) is 17. The minimum atomic E-state index is 0.290. The highest BCUT2D eigenvalue weighted by molar-refractivity contribution is 5.90. The van der Waals surface area contributed by atoms with Crippen LogP contribution in [0.4, 0.5) is 0 Å². The van der Waals surface area contributed by atoms with E-state index in [4.69, 9.17) is 80.5 Å². The summed E-state index contributed by atoms with van der Waals surface area (Å²) in [5.41, 5.74) is 0. The molecule has 0 fully saturated rings. The zero-order valence-corrected chi connectivity index (χ0v) is 55.9. The van der Waals surface area contributed by atoms with E-state index in [0.717, 1.165) is 64.6 Å². The fourth-order valence-electron chi connectivity index (χ4n) is 11.3. The van der Waals surface area contributed by atoms with Gasteiger partial charge in [-0.05, 0) is 137 Å². The van der Waals surface area contributed by atoms with Crippen molar-refractivity contribution in [2.75, 3.05) is 146 Å². The summed E-state index contributed by atoms with van der Waals surface area (Å²) in [5.74, 6) is 7.62. The zero-order chi connectivity index (χ0) is 67.5. The van der Waals surface area contributed by atoms with E-state index in [-0.39, 0.29) is 13.2 Å². The van der Waals surface area contributed by atoms with Crippen LogP contribution in [0.2, 0.25) is 0 Å². The predicted molar refractivity (Wildman–Crippen MR) is 386 cm³/mol. The summed E-state index contributed by atoms with van der Waals surface area (Å²) in [6.45, 7) is 6.60. The first-order valence-corrected chi connectivity index (χ1v) is 33.4. The van der Waals surface area contributed by atoms with Crippen LogP contribution in [-0.4, -0.2) is 146 Å². The van der Waals surface area contributed by atoms with Crippen molar-refractivity contribution >= 4 is 64.6 Å². The quantitative estimate of drug-likeness (QED) is 0.0333. The molecule has 0 N–H and O–H groups in total. The Morgan fingerprint density at radius 1 is 0.152 bits per heavy atom. The van der Waals surface area contributed by atoms with Crippen LogP contribution in [-0.2, 0) is 23.7 Å². The fraction of sp³-hybridized carbons (Fsp3) is 0.268. The number of ether oxygens (including phenoxy) is 17. The molecular weight excluding hydrogens is 1260 g/mol. The smallest absolute Gasteiger partial charge is 0.161 e. The first kappa shape index (κ1) is 68.5. The second-order valence-corrected chi connectivity index (χ2v) is 22.8. The van der Waals surface area contributed by atoms with Crippen molar-refractivity contribution in [1.82, 2.24) is 0 Å². The highest BCUT2D eigenvalue weighted by Crippen LogP contribution is 2.38. The molecule has 0 saturated carbocycles. The molecule has 0 amide bonds. The van der Waals surface area contributed by atoms with Crippen molar-refractivity contribution in [3.63, 3.8) is 0 Å². The Balaban J connectivity index is 0.540. The van der Waals surface area contributed by atoms with Gasteiger partial charge >= 0.3 is 0 Å². The molecule has 0 spiro atoms. The number of methoxy groups -OCH3 is 2. The molecule has 0 bridgehead atoms. The molecule has 0 aliphatic carbocycles. The average molecular weight is 1340 g/mol. The summed E-state index contributed by atoms with van der Waals surface area (Å²) in [6, 6.07) is 72.4. The number of hydrogen-bond donors (Lipinski definition) is 0. The van der Waals surface area contributed by atoms with Crippen molar-refractivity contribution in [3.05, 3.63) is 218 Å². The van der Waals surface area contributed by atoms with Gasteiger partial charge < -0.3 is 80.5 Å². The van der Waals surface area contributed by atoms with Crippen LogP contribution in [0.1, 0.15) is 0 Å². The summed E-state index contributed by atoms with van der Waals surface area (Å²) in [5, 5.41) is 12.6. The lowest BCUT2D eigenvalue weighted by molar-refractivity contribution is 0.0655. The van der Waals surface area contributed by atoms with Crippen molar-refractivity contribution in [2.45, 2.75) is 0 Å². The molecule has 0 saturated heterocycles. The van der Waals surface area contributed by atoms with Gasteiger partial charge in [0.1, 0.15) is 66.1 Å². The summed E-state index contributed by atoms with van der Waals surface area (Å²) >= 11 is 0. The largest absolute Gasteiger partial charge is 0.493 e. The van der Waals surface area contributed by atoms with E-state index >= 15 is 0 Å². The fourth-order valence-corrected chi connectivity index (χ4v) is 11.3. The maximum absolute atomic E-state index is 6.29. The van der Waals surface area contributed by atoms with E-state index in [2.05, 4.69) is 0 Å². The number of fused-ring (bicyclic) bond motifs is 6. The molecule has 12 aromatic rings. The lowest BCUT2D eigenvalue weighted by atomic mass is 10.1. The summed E-state index contributed by atoms with van der Waals surface area (Å²) in [7, 11) is 3.28. The molecule has 0 atom stereocenters. The van der Waals surface area contributed by atoms with Crippen molar-refractivity contribution < 1.29 is 80.5 Å². The van der Waals surface area contributed by atoms with Gasteiger partial charge in [-0.1, -0.05) is 146 Å². The van der Waals surface area contributed by atoms with Crippen LogP contribution in [0.5, 0.6) is 69.0 Å². The molecule has 12 rings (SSSR count). The Morgan fingerprint density at radius 2 is 0.263 bits per heavy atom. The lowest BCUT2D eigenvalue weighted by Gasteiger charge is -2.16. The molecule has 99 heavy (non-hydrogen) atoms. The molecular formula is C82H82O17. The normalized spacial score (nSPS) is 11.3. The molecule has 0 aromatic heterocycles. The highest BCUT2D eigenvalue weighted by atomic mass is 16.6. The topological polar surface area (TPSA) is 157 Å². The lowest BCUT2D eigenvalue weighted by Crippen LogP contribution is -2.15. The van der Waals surface area contributed by atoms with Crippen LogP contribution >= 0.6 is 0 Å². The molecule has 0 aliphatic rings. The number of rotatable bonds is 42.